The molecule has 0 bridgehead atoms. The Morgan fingerprint density at radius 2 is 1.91 bits per heavy atom. The quantitative estimate of drug-likeness (QED) is 0.521. The third-order valence-corrected chi connectivity index (χ3v) is 1.80. The van der Waals surface area contributed by atoms with E-state index in [-0.39, 0.29) is 0 Å². The first-order valence-electron chi connectivity index (χ1n) is 3.84. The first-order valence-corrected chi connectivity index (χ1v) is 3.84. The zero-order chi connectivity index (χ0) is 8.43. The van der Waals surface area contributed by atoms with Crippen LogP contribution in [-0.2, 0) is 0 Å². The van der Waals surface area contributed by atoms with Crippen LogP contribution in [0.3, 0.4) is 0 Å². The van der Waals surface area contributed by atoms with Crippen LogP contribution < -0.4 is 10.4 Å². The smallest absolute Gasteiger partial charge is 0.0203 e. The molecule has 58 valence electrons. The minimum Gasteiger partial charge on any atom is -0.0912 e. The molecular weight excluding hydrogens is 132 g/mol. The molecule has 0 aliphatic heterocycles. The van der Waals surface area contributed by atoms with Crippen molar-refractivity contribution in [3.63, 3.8) is 0 Å². The molecule has 0 nitrogen and oxygen atoms in total. The fraction of sp³-hybridized carbons (Fsp3) is 0.273. The lowest BCUT2D eigenvalue weighted by Gasteiger charge is -1.94. The second-order valence-electron chi connectivity index (χ2n) is 3.16. The molecule has 0 aliphatic rings. The molecule has 0 fully saturated rings. The number of hydrogen-bond acceptors (Lipinski definition) is 0. The van der Waals surface area contributed by atoms with Gasteiger partial charge in [-0.2, -0.15) is 0 Å². The molecule has 0 aliphatic carbocycles. The first kappa shape index (κ1) is 8.06. The highest BCUT2D eigenvalue weighted by Crippen LogP contribution is 1.88. The summed E-state index contributed by atoms with van der Waals surface area (Å²) in [6.07, 6.45) is 0. The summed E-state index contributed by atoms with van der Waals surface area (Å²) in [5.74, 6) is 0. The van der Waals surface area contributed by atoms with E-state index in [1.54, 1.807) is 0 Å². The molecular formula is C11H14. The zero-order valence-electron chi connectivity index (χ0n) is 7.44. The molecule has 0 saturated heterocycles. The van der Waals surface area contributed by atoms with Crippen LogP contribution in [0.1, 0.15) is 19.4 Å². The summed E-state index contributed by atoms with van der Waals surface area (Å²) in [5, 5.41) is 2.40. The third-order valence-electron chi connectivity index (χ3n) is 1.80. The van der Waals surface area contributed by atoms with Crippen molar-refractivity contribution in [3.8, 4) is 0 Å². The Kier molecular flexibility index (Phi) is 2.13. The molecule has 1 rings (SSSR count). The molecule has 0 atom stereocenters. The summed E-state index contributed by atoms with van der Waals surface area (Å²) in [4.78, 5) is 0. The van der Waals surface area contributed by atoms with Gasteiger partial charge in [-0.25, -0.2) is 0 Å². The van der Waals surface area contributed by atoms with Crippen LogP contribution in [0.5, 0.6) is 0 Å². The Bertz CT molecular complexity index is 354. The molecule has 1 aromatic carbocycles. The van der Waals surface area contributed by atoms with Gasteiger partial charge in [0.15, 0.2) is 0 Å². The Morgan fingerprint density at radius 3 is 2.36 bits per heavy atom. The van der Waals surface area contributed by atoms with Gasteiger partial charge in [0.25, 0.3) is 0 Å². The summed E-state index contributed by atoms with van der Waals surface area (Å²) in [5.41, 5.74) is 2.61. The largest absolute Gasteiger partial charge is 0.0912 e. The standard InChI is InChI=1S/C11H14/c1-8(2)11-6-5-9(3)7-10(11)4/h5-7H,4H2,1-3H3. The Hall–Kier alpha value is -1.04. The van der Waals surface area contributed by atoms with E-state index >= 15 is 0 Å². The summed E-state index contributed by atoms with van der Waals surface area (Å²) < 4.78 is 0. The fourth-order valence-electron chi connectivity index (χ4n) is 1.21. The van der Waals surface area contributed by atoms with Gasteiger partial charge in [-0.1, -0.05) is 35.9 Å². The topological polar surface area (TPSA) is 0 Å². The predicted molar refractivity (Wildman–Crippen MR) is 50.7 cm³/mol. The van der Waals surface area contributed by atoms with E-state index in [1.165, 1.54) is 16.4 Å². The highest BCUT2D eigenvalue weighted by atomic mass is 13.9. The van der Waals surface area contributed by atoms with Crippen molar-refractivity contribution in [2.75, 3.05) is 0 Å². The lowest BCUT2D eigenvalue weighted by molar-refractivity contribution is 1.38. The Labute approximate surface area is 67.9 Å². The zero-order valence-corrected chi connectivity index (χ0v) is 7.44. The minimum absolute atomic E-state index is 1.13. The second-order valence-corrected chi connectivity index (χ2v) is 3.16. The number of benzene rings is 1. The van der Waals surface area contributed by atoms with E-state index in [1.807, 2.05) is 0 Å². The molecule has 1 aromatic rings. The van der Waals surface area contributed by atoms with E-state index in [0.29, 0.717) is 0 Å². The number of hydrogen-bond donors (Lipinski definition) is 0. The average molecular weight is 146 g/mol. The minimum atomic E-state index is 1.13. The van der Waals surface area contributed by atoms with E-state index in [0.717, 1.165) is 5.22 Å². The summed E-state index contributed by atoms with van der Waals surface area (Å²) in [6, 6.07) is 6.37. The molecule has 0 heteroatoms. The lowest BCUT2D eigenvalue weighted by atomic mass is 10.1. The molecule has 0 N–H and O–H groups in total. The summed E-state index contributed by atoms with van der Waals surface area (Å²) in [6.45, 7) is 10.3. The van der Waals surface area contributed by atoms with Gasteiger partial charge < -0.3 is 0 Å². The molecule has 0 amide bonds. The van der Waals surface area contributed by atoms with E-state index < -0.39 is 0 Å². The maximum Gasteiger partial charge on any atom is -0.0203 e. The molecule has 0 heterocycles. The van der Waals surface area contributed by atoms with Gasteiger partial charge in [-0.3, -0.25) is 0 Å². The highest BCUT2D eigenvalue weighted by Gasteiger charge is 1.86. The Morgan fingerprint density at radius 1 is 1.27 bits per heavy atom. The van der Waals surface area contributed by atoms with Crippen molar-refractivity contribution >= 4 is 12.2 Å². The number of rotatable bonds is 0. The van der Waals surface area contributed by atoms with Gasteiger partial charge >= 0.3 is 0 Å². The third kappa shape index (κ3) is 1.70. The normalized spacial score (nSPS) is 9.73. The number of aryl methyl sites for hydroxylation is 1. The van der Waals surface area contributed by atoms with E-state index in [4.69, 9.17) is 0 Å². The van der Waals surface area contributed by atoms with Crippen LogP contribution in [0.15, 0.2) is 18.2 Å². The second kappa shape index (κ2) is 2.91. The molecule has 11 heavy (non-hydrogen) atoms. The SMILES string of the molecule is C=c1cc(C)ccc1=C(C)C. The maximum absolute atomic E-state index is 3.98. The lowest BCUT2D eigenvalue weighted by Crippen LogP contribution is -2.24. The molecule has 0 aromatic heterocycles. The molecule has 0 saturated carbocycles. The van der Waals surface area contributed by atoms with Crippen LogP contribution in [0.4, 0.5) is 0 Å². The van der Waals surface area contributed by atoms with Gasteiger partial charge in [0.05, 0.1) is 0 Å². The van der Waals surface area contributed by atoms with Crippen molar-refractivity contribution < 1.29 is 0 Å². The van der Waals surface area contributed by atoms with Crippen molar-refractivity contribution in [3.05, 3.63) is 34.2 Å². The van der Waals surface area contributed by atoms with Gasteiger partial charge in [-0.15, -0.1) is 0 Å². The fourth-order valence-corrected chi connectivity index (χ4v) is 1.21. The van der Waals surface area contributed by atoms with Gasteiger partial charge in [0.1, 0.15) is 0 Å². The van der Waals surface area contributed by atoms with E-state index in [9.17, 15) is 0 Å². The van der Waals surface area contributed by atoms with Gasteiger partial charge in [0.2, 0.25) is 0 Å². The highest BCUT2D eigenvalue weighted by molar-refractivity contribution is 5.40. The van der Waals surface area contributed by atoms with Crippen LogP contribution >= 0.6 is 0 Å². The maximum atomic E-state index is 3.98. The molecule has 0 spiro atoms. The molecule has 0 radical (unpaired) electrons. The average Bonchev–Trinajstić information content (AvgIpc) is 1.85. The monoisotopic (exact) mass is 146 g/mol. The summed E-state index contributed by atoms with van der Waals surface area (Å²) in [7, 11) is 0. The summed E-state index contributed by atoms with van der Waals surface area (Å²) >= 11 is 0. The van der Waals surface area contributed by atoms with Gasteiger partial charge in [0, 0.05) is 0 Å². The van der Waals surface area contributed by atoms with E-state index in [2.05, 4.69) is 45.5 Å². The van der Waals surface area contributed by atoms with Crippen molar-refractivity contribution in [1.29, 1.82) is 0 Å². The van der Waals surface area contributed by atoms with Crippen molar-refractivity contribution in [1.82, 2.24) is 0 Å². The Balaban J connectivity index is 3.58. The van der Waals surface area contributed by atoms with Gasteiger partial charge in [-0.05, 0) is 31.2 Å². The van der Waals surface area contributed by atoms with Crippen LogP contribution in [-0.4, -0.2) is 0 Å². The van der Waals surface area contributed by atoms with Crippen molar-refractivity contribution in [2.45, 2.75) is 20.8 Å². The van der Waals surface area contributed by atoms with Crippen LogP contribution in [0.2, 0.25) is 0 Å². The van der Waals surface area contributed by atoms with Crippen LogP contribution in [0, 0.1) is 6.92 Å². The van der Waals surface area contributed by atoms with Crippen LogP contribution in [0.25, 0.3) is 12.2 Å². The predicted octanol–water partition coefficient (Wildman–Crippen LogP) is 1.60. The molecule has 0 unspecified atom stereocenters. The van der Waals surface area contributed by atoms with Crippen molar-refractivity contribution in [2.24, 2.45) is 0 Å². The first-order chi connectivity index (χ1) is 5.11.